The van der Waals surface area contributed by atoms with Gasteiger partial charge in [0.15, 0.2) is 0 Å². The Balaban J connectivity index is 1.96. The highest BCUT2D eigenvalue weighted by Crippen LogP contribution is 2.23. The number of rotatable bonds is 5. The second-order valence-corrected chi connectivity index (χ2v) is 3.96. The first kappa shape index (κ1) is 10.9. The van der Waals surface area contributed by atoms with Crippen molar-refractivity contribution in [3.8, 4) is 0 Å². The minimum atomic E-state index is 0.616. The van der Waals surface area contributed by atoms with Gasteiger partial charge in [-0.05, 0) is 24.3 Å². The molecule has 3 nitrogen and oxygen atoms in total. The van der Waals surface area contributed by atoms with Gasteiger partial charge in [-0.15, -0.1) is 0 Å². The zero-order chi connectivity index (χ0) is 11.2. The number of hydrogen-bond donors (Lipinski definition) is 0. The summed E-state index contributed by atoms with van der Waals surface area (Å²) in [7, 11) is 0. The topological polar surface area (TPSA) is 30.7 Å². The SMILES string of the molecule is CCC(CCn1cncn1)c1ccccc1. The van der Waals surface area contributed by atoms with Crippen molar-refractivity contribution in [2.75, 3.05) is 0 Å². The van der Waals surface area contributed by atoms with Crippen molar-refractivity contribution in [3.63, 3.8) is 0 Å². The van der Waals surface area contributed by atoms with Gasteiger partial charge in [0.1, 0.15) is 12.7 Å². The van der Waals surface area contributed by atoms with Crippen molar-refractivity contribution in [2.45, 2.75) is 32.2 Å². The monoisotopic (exact) mass is 215 g/mol. The molecule has 0 fully saturated rings. The Kier molecular flexibility index (Phi) is 3.70. The summed E-state index contributed by atoms with van der Waals surface area (Å²) in [6.07, 6.45) is 5.64. The molecule has 84 valence electrons. The minimum Gasteiger partial charge on any atom is -0.253 e. The predicted octanol–water partition coefficient (Wildman–Crippen LogP) is 2.86. The Morgan fingerprint density at radius 1 is 1.25 bits per heavy atom. The van der Waals surface area contributed by atoms with E-state index in [-0.39, 0.29) is 0 Å². The van der Waals surface area contributed by atoms with Gasteiger partial charge in [0.05, 0.1) is 0 Å². The normalized spacial score (nSPS) is 12.6. The minimum absolute atomic E-state index is 0.616. The molecule has 0 saturated heterocycles. The van der Waals surface area contributed by atoms with Crippen LogP contribution in [0.3, 0.4) is 0 Å². The molecule has 1 aromatic heterocycles. The lowest BCUT2D eigenvalue weighted by atomic mass is 9.93. The molecule has 1 aromatic carbocycles. The molecule has 0 amide bonds. The molecule has 0 bridgehead atoms. The lowest BCUT2D eigenvalue weighted by Crippen LogP contribution is -2.05. The van der Waals surface area contributed by atoms with E-state index in [2.05, 4.69) is 47.3 Å². The van der Waals surface area contributed by atoms with Crippen molar-refractivity contribution in [1.82, 2.24) is 14.8 Å². The number of aryl methyl sites for hydroxylation is 1. The summed E-state index contributed by atoms with van der Waals surface area (Å²) in [6, 6.07) is 10.7. The van der Waals surface area contributed by atoms with Crippen molar-refractivity contribution in [3.05, 3.63) is 48.5 Å². The van der Waals surface area contributed by atoms with Gasteiger partial charge in [0, 0.05) is 6.54 Å². The molecule has 0 N–H and O–H groups in total. The lowest BCUT2D eigenvalue weighted by molar-refractivity contribution is 0.503. The van der Waals surface area contributed by atoms with Gasteiger partial charge < -0.3 is 0 Å². The molecule has 1 atom stereocenters. The van der Waals surface area contributed by atoms with Gasteiger partial charge in [-0.3, -0.25) is 4.68 Å². The average molecular weight is 215 g/mol. The van der Waals surface area contributed by atoms with E-state index in [1.54, 1.807) is 12.7 Å². The standard InChI is InChI=1S/C13H17N3/c1-2-12(13-6-4-3-5-7-13)8-9-16-11-14-10-15-16/h3-7,10-12H,2,8-9H2,1H3. The van der Waals surface area contributed by atoms with Crippen LogP contribution in [0.2, 0.25) is 0 Å². The first-order valence-electron chi connectivity index (χ1n) is 5.77. The molecule has 0 aliphatic heterocycles. The Morgan fingerprint density at radius 2 is 2.06 bits per heavy atom. The highest BCUT2D eigenvalue weighted by molar-refractivity contribution is 5.19. The summed E-state index contributed by atoms with van der Waals surface area (Å²) in [5.41, 5.74) is 1.42. The van der Waals surface area contributed by atoms with Crippen LogP contribution in [0.25, 0.3) is 0 Å². The van der Waals surface area contributed by atoms with Gasteiger partial charge in [0.2, 0.25) is 0 Å². The number of nitrogens with zero attached hydrogens (tertiary/aromatic N) is 3. The molecule has 2 aromatic rings. The van der Waals surface area contributed by atoms with Crippen molar-refractivity contribution in [1.29, 1.82) is 0 Å². The van der Waals surface area contributed by atoms with Gasteiger partial charge in [-0.25, -0.2) is 4.98 Å². The summed E-state index contributed by atoms with van der Waals surface area (Å²) >= 11 is 0. The fourth-order valence-electron chi connectivity index (χ4n) is 1.97. The van der Waals surface area contributed by atoms with E-state index in [1.165, 1.54) is 12.0 Å². The molecule has 1 heterocycles. The van der Waals surface area contributed by atoms with Crippen LogP contribution in [0, 0.1) is 0 Å². The molecule has 2 rings (SSSR count). The van der Waals surface area contributed by atoms with Crippen LogP contribution in [0.15, 0.2) is 43.0 Å². The smallest absolute Gasteiger partial charge is 0.137 e. The third-order valence-corrected chi connectivity index (χ3v) is 2.94. The molecular formula is C13H17N3. The van der Waals surface area contributed by atoms with Crippen molar-refractivity contribution >= 4 is 0 Å². The lowest BCUT2D eigenvalue weighted by Gasteiger charge is -2.14. The van der Waals surface area contributed by atoms with Gasteiger partial charge in [0.25, 0.3) is 0 Å². The third-order valence-electron chi connectivity index (χ3n) is 2.94. The Morgan fingerprint density at radius 3 is 2.69 bits per heavy atom. The maximum Gasteiger partial charge on any atom is 0.137 e. The van der Waals surface area contributed by atoms with Crippen LogP contribution in [0.5, 0.6) is 0 Å². The Bertz CT molecular complexity index is 394. The van der Waals surface area contributed by atoms with E-state index in [4.69, 9.17) is 0 Å². The fraction of sp³-hybridized carbons (Fsp3) is 0.385. The van der Waals surface area contributed by atoms with Crippen LogP contribution >= 0.6 is 0 Å². The summed E-state index contributed by atoms with van der Waals surface area (Å²) in [4.78, 5) is 3.95. The highest BCUT2D eigenvalue weighted by atomic mass is 15.3. The van der Waals surface area contributed by atoms with Crippen LogP contribution < -0.4 is 0 Å². The maximum atomic E-state index is 4.12. The van der Waals surface area contributed by atoms with Crippen molar-refractivity contribution in [2.24, 2.45) is 0 Å². The zero-order valence-corrected chi connectivity index (χ0v) is 9.58. The first-order chi connectivity index (χ1) is 7.90. The van der Waals surface area contributed by atoms with Gasteiger partial charge in [-0.1, -0.05) is 37.3 Å². The molecule has 0 aliphatic carbocycles. The van der Waals surface area contributed by atoms with E-state index >= 15 is 0 Å². The largest absolute Gasteiger partial charge is 0.253 e. The average Bonchev–Trinajstić information content (AvgIpc) is 2.84. The van der Waals surface area contributed by atoms with Crippen LogP contribution in [-0.4, -0.2) is 14.8 Å². The number of aromatic nitrogens is 3. The van der Waals surface area contributed by atoms with E-state index < -0.39 is 0 Å². The van der Waals surface area contributed by atoms with E-state index in [1.807, 2.05) is 4.68 Å². The van der Waals surface area contributed by atoms with Crippen molar-refractivity contribution < 1.29 is 0 Å². The molecule has 0 saturated carbocycles. The quantitative estimate of drug-likeness (QED) is 0.767. The summed E-state index contributed by atoms with van der Waals surface area (Å²) in [5.74, 6) is 0.616. The van der Waals surface area contributed by atoms with Gasteiger partial charge >= 0.3 is 0 Å². The summed E-state index contributed by atoms with van der Waals surface area (Å²) in [5, 5.41) is 4.12. The maximum absolute atomic E-state index is 4.12. The fourth-order valence-corrected chi connectivity index (χ4v) is 1.97. The second-order valence-electron chi connectivity index (χ2n) is 3.96. The van der Waals surface area contributed by atoms with E-state index in [0.717, 1.165) is 13.0 Å². The molecule has 0 aliphatic rings. The Hall–Kier alpha value is -1.64. The summed E-state index contributed by atoms with van der Waals surface area (Å²) < 4.78 is 1.89. The van der Waals surface area contributed by atoms with Gasteiger partial charge in [-0.2, -0.15) is 5.10 Å². The van der Waals surface area contributed by atoms with E-state index in [9.17, 15) is 0 Å². The number of hydrogen-bond acceptors (Lipinski definition) is 2. The molecule has 0 radical (unpaired) electrons. The molecule has 3 heteroatoms. The highest BCUT2D eigenvalue weighted by Gasteiger charge is 2.08. The number of benzene rings is 1. The molecule has 16 heavy (non-hydrogen) atoms. The van der Waals surface area contributed by atoms with Crippen LogP contribution in [-0.2, 0) is 6.54 Å². The van der Waals surface area contributed by atoms with Crippen LogP contribution in [0.4, 0.5) is 0 Å². The molecule has 1 unspecified atom stereocenters. The third kappa shape index (κ3) is 2.69. The molecular weight excluding hydrogens is 198 g/mol. The molecule has 0 spiro atoms. The zero-order valence-electron chi connectivity index (χ0n) is 9.58. The van der Waals surface area contributed by atoms with E-state index in [0.29, 0.717) is 5.92 Å². The second kappa shape index (κ2) is 5.45. The predicted molar refractivity (Wildman–Crippen MR) is 64.1 cm³/mol. The van der Waals surface area contributed by atoms with Crippen LogP contribution in [0.1, 0.15) is 31.2 Å². The Labute approximate surface area is 96.1 Å². The summed E-state index contributed by atoms with van der Waals surface area (Å²) in [6.45, 7) is 3.17. The first-order valence-corrected chi connectivity index (χ1v) is 5.77.